The van der Waals surface area contributed by atoms with Crippen LogP contribution in [0.25, 0.3) is 99.8 Å². The first-order valence-electron chi connectivity index (χ1n) is 24.4. The maximum absolute atomic E-state index is 5.76. The monoisotopic (exact) mass is 1110 g/mol. The van der Waals surface area contributed by atoms with E-state index in [4.69, 9.17) is 15.0 Å². The first-order chi connectivity index (χ1) is 34.7. The molecule has 0 N–H and O–H groups in total. The predicted octanol–water partition coefficient (Wildman–Crippen LogP) is 16.2. The molecule has 13 rings (SSSR count). The smallest absolute Gasteiger partial charge is 0.656 e. The van der Waals surface area contributed by atoms with E-state index < -0.39 is 0 Å². The fourth-order valence-corrected chi connectivity index (χ4v) is 11.0. The quantitative estimate of drug-likeness (QED) is 0.135. The number of pyridine rings is 1. The van der Waals surface area contributed by atoms with E-state index in [1.807, 2.05) is 12.3 Å². The van der Waals surface area contributed by atoms with Crippen LogP contribution in [0.15, 0.2) is 225 Å². The van der Waals surface area contributed by atoms with Gasteiger partial charge in [0, 0.05) is 33.8 Å². The average molecular weight is 1110 g/mol. The molecule has 72 heavy (non-hydrogen) atoms. The third kappa shape index (κ3) is 7.25. The maximum atomic E-state index is 5.76. The molecule has 0 spiro atoms. The van der Waals surface area contributed by atoms with E-state index >= 15 is 0 Å². The second-order valence-electron chi connectivity index (χ2n) is 19.7. The van der Waals surface area contributed by atoms with Crippen LogP contribution in [0.2, 0.25) is 0 Å². The minimum atomic E-state index is -0.258. The topological polar surface area (TPSA) is 49.7 Å². The van der Waals surface area contributed by atoms with Crippen LogP contribution in [0, 0.1) is 6.07 Å². The van der Waals surface area contributed by atoms with Gasteiger partial charge in [-0.1, -0.05) is 220 Å². The molecule has 13 aromatic rings. The van der Waals surface area contributed by atoms with Gasteiger partial charge < -0.3 is 9.55 Å². The minimum Gasteiger partial charge on any atom is -0.656 e. The summed E-state index contributed by atoms with van der Waals surface area (Å²) in [6, 6.07) is 82.3. The summed E-state index contributed by atoms with van der Waals surface area (Å²) < 4.78 is 4.63. The van der Waals surface area contributed by atoms with Crippen LogP contribution in [0.4, 0.5) is 0 Å². The summed E-state index contributed by atoms with van der Waals surface area (Å²) in [5.74, 6) is 1.66. The average Bonchev–Trinajstić information content (AvgIpc) is 4.11. The van der Waals surface area contributed by atoms with Gasteiger partial charge >= 0.3 is 21.1 Å². The Bertz CT molecular complexity index is 4150. The molecule has 0 unspecified atom stereocenters. The zero-order valence-corrected chi connectivity index (χ0v) is 42.7. The number of benzene rings is 9. The Morgan fingerprint density at radius 2 is 1.10 bits per heavy atom. The Hall–Kier alpha value is -8.11. The van der Waals surface area contributed by atoms with Gasteiger partial charge in [-0.05, 0) is 85.9 Å². The van der Waals surface area contributed by atoms with Crippen LogP contribution < -0.4 is 4.98 Å². The first kappa shape index (κ1) is 45.1. The van der Waals surface area contributed by atoms with Crippen molar-refractivity contribution in [2.24, 2.45) is 0 Å². The van der Waals surface area contributed by atoms with E-state index in [9.17, 15) is 0 Å². The molecule has 0 aliphatic carbocycles. The Morgan fingerprint density at radius 3 is 1.83 bits per heavy atom. The number of nitrogens with zero attached hydrogens (tertiary/aromatic N) is 5. The van der Waals surface area contributed by atoms with Gasteiger partial charge in [0.1, 0.15) is 11.6 Å². The minimum absolute atomic E-state index is 0. The first-order valence-corrected chi connectivity index (χ1v) is 24.4. The number of para-hydroxylation sites is 3. The number of rotatable bonds is 9. The third-order valence-electron chi connectivity index (χ3n) is 15.0. The summed E-state index contributed by atoms with van der Waals surface area (Å²) in [7, 11) is 0. The zero-order valence-electron chi connectivity index (χ0n) is 40.4. The van der Waals surface area contributed by atoms with Crippen molar-refractivity contribution in [3.8, 4) is 45.1 Å². The van der Waals surface area contributed by atoms with Crippen LogP contribution in [-0.4, -0.2) is 19.1 Å². The van der Waals surface area contributed by atoms with Crippen LogP contribution in [0.5, 0.6) is 0 Å². The Balaban J connectivity index is 0.00000530. The van der Waals surface area contributed by atoms with Crippen LogP contribution in [0.3, 0.4) is 0 Å². The van der Waals surface area contributed by atoms with Crippen molar-refractivity contribution in [1.29, 1.82) is 0 Å². The Morgan fingerprint density at radius 1 is 0.472 bits per heavy atom. The summed E-state index contributed by atoms with van der Waals surface area (Å²) in [6.45, 7) is 9.24. The molecule has 9 aromatic carbocycles. The molecule has 0 saturated heterocycles. The molecule has 4 heterocycles. The molecule has 4 aromatic heterocycles. The molecule has 6 heteroatoms. The van der Waals surface area contributed by atoms with E-state index in [1.165, 1.54) is 22.3 Å². The van der Waals surface area contributed by atoms with Gasteiger partial charge in [-0.25, -0.2) is 9.97 Å². The third-order valence-corrected chi connectivity index (χ3v) is 15.0. The van der Waals surface area contributed by atoms with E-state index in [0.29, 0.717) is 0 Å². The van der Waals surface area contributed by atoms with E-state index in [-0.39, 0.29) is 31.9 Å². The van der Waals surface area contributed by atoms with Crippen molar-refractivity contribution in [1.82, 2.24) is 24.1 Å². The maximum Gasteiger partial charge on any atom is 2.00 e. The van der Waals surface area contributed by atoms with Crippen molar-refractivity contribution < 1.29 is 21.1 Å². The fraction of sp³-hybridized carbons (Fsp3) is 0.0909. The molecule has 5 nitrogen and oxygen atoms in total. The molecule has 0 saturated carbocycles. The van der Waals surface area contributed by atoms with Crippen molar-refractivity contribution in [3.05, 3.63) is 253 Å². The normalized spacial score (nSPS) is 12.1. The molecular weight excluding hydrogens is 1060 g/mol. The van der Waals surface area contributed by atoms with Gasteiger partial charge in [-0.3, -0.25) is 4.57 Å². The van der Waals surface area contributed by atoms with Crippen molar-refractivity contribution in [3.63, 3.8) is 0 Å². The number of aromatic nitrogens is 5. The van der Waals surface area contributed by atoms with Crippen molar-refractivity contribution in [2.75, 3.05) is 0 Å². The second kappa shape index (κ2) is 17.6. The van der Waals surface area contributed by atoms with Crippen LogP contribution >= 0.6 is 0 Å². The molecule has 0 radical (unpaired) electrons. The van der Waals surface area contributed by atoms with Crippen molar-refractivity contribution >= 4 is 54.6 Å². The van der Waals surface area contributed by atoms with Gasteiger partial charge in [0.2, 0.25) is 0 Å². The Kier molecular flexibility index (Phi) is 11.0. The van der Waals surface area contributed by atoms with Gasteiger partial charge in [-0.2, -0.15) is 0 Å². The SMILES string of the molecule is CC(C)(c1ccccc1)c1cccc(-n2c(-c3cccc4c3[n-]c3ccccc34)nc3c(-c4[c-]c5c(c(-c6ccccc6)c4)c4cc(C(C)(C)c6ccccc6)ccc4n5-c4ccccn4)cccc32)c1.[Pt+2]. The molecule has 0 atom stereocenters. The molecule has 0 fully saturated rings. The van der Waals surface area contributed by atoms with Crippen LogP contribution in [0.1, 0.15) is 49.9 Å². The molecule has 348 valence electrons. The molecule has 0 aliphatic rings. The van der Waals surface area contributed by atoms with E-state index in [0.717, 1.165) is 99.8 Å². The number of hydrogen-bond acceptors (Lipinski definition) is 2. The molecule has 0 aliphatic heterocycles. The van der Waals surface area contributed by atoms with E-state index in [2.05, 4.69) is 255 Å². The largest absolute Gasteiger partial charge is 2.00 e. The molecular formula is C66H49N5Pt. The number of hydrogen-bond donors (Lipinski definition) is 0. The summed E-state index contributed by atoms with van der Waals surface area (Å²) in [5.41, 5.74) is 16.4. The zero-order chi connectivity index (χ0) is 47.8. The van der Waals surface area contributed by atoms with Gasteiger partial charge in [0.25, 0.3) is 0 Å². The van der Waals surface area contributed by atoms with Gasteiger partial charge in [-0.15, -0.1) is 28.7 Å². The van der Waals surface area contributed by atoms with Gasteiger partial charge in [0.05, 0.1) is 11.0 Å². The standard InChI is InChI=1S/C66H49N5.Pt/c1-65(2,45-23-10-6-11-24-45)47-27-18-28-49(41-47)70-58-34-20-30-50(63(58)69-64(70)53-32-19-31-52-51-29-14-15-33-56(51)68-62(52)53)44-39-54(43-21-8-5-9-22-43)61-55-42-48(66(3,4)46-25-12-7-13-26-46)36-37-57(55)71(59(61)40-44)60-35-16-17-38-67-60;/h5-39,41-42H,1-4H3;/q-2;+2. The summed E-state index contributed by atoms with van der Waals surface area (Å²) >= 11 is 0. The summed E-state index contributed by atoms with van der Waals surface area (Å²) in [5, 5.41) is 4.53. The number of imidazole rings is 1. The van der Waals surface area contributed by atoms with Crippen LogP contribution in [-0.2, 0) is 31.9 Å². The predicted molar refractivity (Wildman–Crippen MR) is 294 cm³/mol. The Labute approximate surface area is 433 Å². The fourth-order valence-electron chi connectivity index (χ4n) is 11.0. The van der Waals surface area contributed by atoms with Gasteiger partial charge in [0.15, 0.2) is 0 Å². The summed E-state index contributed by atoms with van der Waals surface area (Å²) in [6.07, 6.45) is 1.87. The molecule has 0 amide bonds. The second-order valence-corrected chi connectivity index (χ2v) is 19.7. The summed E-state index contributed by atoms with van der Waals surface area (Å²) in [4.78, 5) is 16.0. The number of fused-ring (bicyclic) bond motifs is 7. The van der Waals surface area contributed by atoms with Crippen molar-refractivity contribution in [2.45, 2.75) is 38.5 Å². The van der Waals surface area contributed by atoms with E-state index in [1.54, 1.807) is 0 Å². The molecule has 0 bridgehead atoms.